The van der Waals surface area contributed by atoms with Gasteiger partial charge in [-0.25, -0.2) is 23.1 Å². The number of hydrogen-bond donors (Lipinski definition) is 2. The molecule has 2 heterocycles. The normalized spacial score (nSPS) is 21.3. The van der Waals surface area contributed by atoms with Gasteiger partial charge < -0.3 is 15.6 Å². The van der Waals surface area contributed by atoms with Crippen LogP contribution in [0, 0.1) is 5.82 Å². The maximum atomic E-state index is 14.6. The zero-order valence-corrected chi connectivity index (χ0v) is 14.3. The molecule has 1 aliphatic rings. The molecule has 0 bridgehead atoms. The summed E-state index contributed by atoms with van der Waals surface area (Å²) in [6, 6.07) is 3.92. The van der Waals surface area contributed by atoms with Crippen molar-refractivity contribution in [3.8, 4) is 11.1 Å². The van der Waals surface area contributed by atoms with E-state index in [0.29, 0.717) is 11.1 Å². The molecule has 0 saturated carbocycles. The predicted octanol–water partition coefficient (Wildman–Crippen LogP) is 2.22. The highest BCUT2D eigenvalue weighted by atomic mass is 19.3. The average Bonchev–Trinajstić information content (AvgIpc) is 2.72. The van der Waals surface area contributed by atoms with Crippen molar-refractivity contribution in [3.05, 3.63) is 48.3 Å². The van der Waals surface area contributed by atoms with E-state index in [0.717, 1.165) is 13.0 Å². The zero-order chi connectivity index (χ0) is 20.1. The number of alkyl halides is 2. The number of aliphatic imine (C=N–C) groups is 1. The molecule has 0 saturated heterocycles. The van der Waals surface area contributed by atoms with Crippen LogP contribution in [-0.4, -0.2) is 46.5 Å². The molecular weight excluding hydrogens is 365 g/mol. The van der Waals surface area contributed by atoms with Crippen molar-refractivity contribution < 1.29 is 27.8 Å². The number of amidine groups is 1. The Hall–Kier alpha value is -3.01. The van der Waals surface area contributed by atoms with Crippen molar-refractivity contribution in [1.82, 2.24) is 9.97 Å². The summed E-state index contributed by atoms with van der Waals surface area (Å²) in [4.78, 5) is 20.0. The molecule has 10 heteroatoms. The van der Waals surface area contributed by atoms with E-state index < -0.39 is 23.9 Å². The topological polar surface area (TPSA) is 111 Å². The summed E-state index contributed by atoms with van der Waals surface area (Å²) in [7, 11) is 0. The lowest BCUT2D eigenvalue weighted by molar-refractivity contribution is -0.122. The largest absolute Gasteiger partial charge is 0.483 e. The van der Waals surface area contributed by atoms with Crippen molar-refractivity contribution in [2.45, 2.75) is 18.4 Å². The highest BCUT2D eigenvalue weighted by molar-refractivity contribution is 5.82. The Morgan fingerprint density at radius 1 is 1.26 bits per heavy atom. The third-order valence-corrected chi connectivity index (χ3v) is 4.00. The standard InChI is InChI=1S/C16H15F3N4O.CH2O2/c1-15(16(18,19)8-24-7-14(20)23-15)12-4-10(2-3-13(12)17)11-5-21-9-22-6-11;2-1-3/h2-6,9H,7-8H2,1H3,(H2,20,23);1H,(H,2,3)/t15-;/m1./s1. The predicted molar refractivity (Wildman–Crippen MR) is 90.9 cm³/mol. The van der Waals surface area contributed by atoms with E-state index in [1.807, 2.05) is 0 Å². The summed E-state index contributed by atoms with van der Waals surface area (Å²) < 4.78 is 48.5. The van der Waals surface area contributed by atoms with Crippen molar-refractivity contribution in [1.29, 1.82) is 0 Å². The number of carboxylic acid groups (broad SMARTS) is 1. The van der Waals surface area contributed by atoms with Crippen LogP contribution in [0.25, 0.3) is 11.1 Å². The van der Waals surface area contributed by atoms with E-state index in [2.05, 4.69) is 15.0 Å². The van der Waals surface area contributed by atoms with Crippen LogP contribution in [0.4, 0.5) is 13.2 Å². The molecule has 0 amide bonds. The lowest BCUT2D eigenvalue weighted by Gasteiger charge is -2.33. The van der Waals surface area contributed by atoms with Gasteiger partial charge in [0.05, 0.1) is 0 Å². The summed E-state index contributed by atoms with van der Waals surface area (Å²) in [5.41, 5.74) is 4.26. The molecule has 0 unspecified atom stereocenters. The summed E-state index contributed by atoms with van der Waals surface area (Å²) in [6.45, 7) is -0.219. The molecule has 1 atom stereocenters. The molecule has 0 aliphatic carbocycles. The van der Waals surface area contributed by atoms with E-state index in [1.54, 1.807) is 0 Å². The lowest BCUT2D eigenvalue weighted by Crippen LogP contribution is -2.45. The first-order valence-corrected chi connectivity index (χ1v) is 7.68. The van der Waals surface area contributed by atoms with Crippen LogP contribution in [0.1, 0.15) is 12.5 Å². The first-order chi connectivity index (χ1) is 12.7. The summed E-state index contributed by atoms with van der Waals surface area (Å²) >= 11 is 0. The molecule has 0 fully saturated rings. The first kappa shape index (κ1) is 20.3. The SMILES string of the molecule is C[C@]1(c2cc(-c3cncnc3)ccc2F)N=C(N)COCC1(F)F.O=CO. The minimum absolute atomic E-state index is 0.109. The van der Waals surface area contributed by atoms with Crippen LogP contribution in [0.3, 0.4) is 0 Å². The second-order valence-corrected chi connectivity index (χ2v) is 5.80. The van der Waals surface area contributed by atoms with Gasteiger partial charge in [-0.3, -0.25) is 9.79 Å². The molecule has 144 valence electrons. The molecule has 3 N–H and O–H groups in total. The second kappa shape index (κ2) is 8.12. The molecule has 3 rings (SSSR count). The van der Waals surface area contributed by atoms with E-state index >= 15 is 0 Å². The van der Waals surface area contributed by atoms with Gasteiger partial charge in [-0.15, -0.1) is 0 Å². The quantitative estimate of drug-likeness (QED) is 0.771. The Bertz CT molecular complexity index is 833. The lowest BCUT2D eigenvalue weighted by atomic mass is 9.84. The van der Waals surface area contributed by atoms with Gasteiger partial charge in [0.2, 0.25) is 0 Å². The molecule has 27 heavy (non-hydrogen) atoms. The number of nitrogens with two attached hydrogens (primary N) is 1. The number of aromatic nitrogens is 2. The number of ether oxygens (including phenoxy) is 1. The van der Waals surface area contributed by atoms with Crippen LogP contribution >= 0.6 is 0 Å². The van der Waals surface area contributed by atoms with Crippen molar-refractivity contribution in [2.24, 2.45) is 10.7 Å². The zero-order valence-electron chi connectivity index (χ0n) is 14.3. The van der Waals surface area contributed by atoms with Crippen molar-refractivity contribution in [3.63, 3.8) is 0 Å². The fourth-order valence-corrected chi connectivity index (χ4v) is 2.61. The highest BCUT2D eigenvalue weighted by Crippen LogP contribution is 2.44. The van der Waals surface area contributed by atoms with Crippen LogP contribution in [0.2, 0.25) is 0 Å². The Kier molecular flexibility index (Phi) is 6.11. The molecule has 2 aromatic rings. The number of hydrogen-bond acceptors (Lipinski definition) is 6. The number of benzene rings is 1. The minimum atomic E-state index is -3.43. The number of halogens is 3. The minimum Gasteiger partial charge on any atom is -0.483 e. The van der Waals surface area contributed by atoms with Gasteiger partial charge in [-0.1, -0.05) is 6.07 Å². The Morgan fingerprint density at radius 2 is 1.89 bits per heavy atom. The van der Waals surface area contributed by atoms with Gasteiger partial charge in [-0.2, -0.15) is 0 Å². The van der Waals surface area contributed by atoms with Gasteiger partial charge in [-0.05, 0) is 24.6 Å². The maximum Gasteiger partial charge on any atom is 0.299 e. The van der Waals surface area contributed by atoms with Crippen LogP contribution in [-0.2, 0) is 15.1 Å². The fraction of sp³-hybridized carbons (Fsp3) is 0.294. The molecule has 0 spiro atoms. The fourth-order valence-electron chi connectivity index (χ4n) is 2.61. The molecule has 7 nitrogen and oxygen atoms in total. The number of rotatable bonds is 2. The third kappa shape index (κ3) is 4.22. The van der Waals surface area contributed by atoms with E-state index in [4.69, 9.17) is 20.4 Å². The summed E-state index contributed by atoms with van der Waals surface area (Å²) in [5, 5.41) is 6.89. The molecule has 1 aliphatic heterocycles. The molecule has 0 radical (unpaired) electrons. The van der Waals surface area contributed by atoms with Crippen molar-refractivity contribution in [2.75, 3.05) is 13.2 Å². The maximum absolute atomic E-state index is 14.6. The van der Waals surface area contributed by atoms with Crippen LogP contribution in [0.5, 0.6) is 0 Å². The Balaban J connectivity index is 0.000000817. The van der Waals surface area contributed by atoms with Gasteiger partial charge in [0.15, 0.2) is 5.54 Å². The smallest absolute Gasteiger partial charge is 0.299 e. The Labute approximate surface area is 152 Å². The van der Waals surface area contributed by atoms with Gasteiger partial charge >= 0.3 is 0 Å². The first-order valence-electron chi connectivity index (χ1n) is 7.68. The average molecular weight is 382 g/mol. The number of carbonyl (C=O) groups is 1. The van der Waals surface area contributed by atoms with Crippen LogP contribution in [0.15, 0.2) is 41.9 Å². The highest BCUT2D eigenvalue weighted by Gasteiger charge is 2.54. The summed E-state index contributed by atoms with van der Waals surface area (Å²) in [5.74, 6) is -4.33. The van der Waals surface area contributed by atoms with E-state index in [-0.39, 0.29) is 24.5 Å². The third-order valence-electron chi connectivity index (χ3n) is 4.00. The summed E-state index contributed by atoms with van der Waals surface area (Å²) in [6.07, 6.45) is 4.37. The van der Waals surface area contributed by atoms with Crippen molar-refractivity contribution >= 4 is 12.3 Å². The Morgan fingerprint density at radius 3 is 2.52 bits per heavy atom. The monoisotopic (exact) mass is 382 g/mol. The number of nitrogens with zero attached hydrogens (tertiary/aromatic N) is 3. The van der Waals surface area contributed by atoms with Crippen LogP contribution < -0.4 is 5.73 Å². The van der Waals surface area contributed by atoms with E-state index in [9.17, 15) is 13.2 Å². The molecule has 1 aromatic carbocycles. The molecule has 1 aromatic heterocycles. The molecular formula is C17H17F3N4O3. The second-order valence-electron chi connectivity index (χ2n) is 5.80. The van der Waals surface area contributed by atoms with E-state index in [1.165, 1.54) is 30.9 Å². The van der Waals surface area contributed by atoms with Gasteiger partial charge in [0.25, 0.3) is 12.4 Å². The van der Waals surface area contributed by atoms with Gasteiger partial charge in [0.1, 0.15) is 31.2 Å². The van der Waals surface area contributed by atoms with Gasteiger partial charge in [0, 0.05) is 23.5 Å².